The highest BCUT2D eigenvalue weighted by atomic mass is 35.5. The zero-order chi connectivity index (χ0) is 28.8. The normalized spacial score (nSPS) is 15.6. The summed E-state index contributed by atoms with van der Waals surface area (Å²) in [6, 6.07) is 4.95. The van der Waals surface area contributed by atoms with E-state index in [2.05, 4.69) is 24.3 Å². The number of carbonyl (C=O) groups is 2. The van der Waals surface area contributed by atoms with Gasteiger partial charge in [0.25, 0.3) is 0 Å². The molecular weight excluding hydrogens is 571 g/mol. The van der Waals surface area contributed by atoms with Gasteiger partial charge in [-0.25, -0.2) is 4.79 Å². The second-order valence-corrected chi connectivity index (χ2v) is 11.0. The van der Waals surface area contributed by atoms with Crippen LogP contribution in [0.5, 0.6) is 0 Å². The van der Waals surface area contributed by atoms with E-state index in [1.165, 1.54) is 6.08 Å². The molecule has 2 amide bonds. The molecule has 2 N–H and O–H groups in total. The van der Waals surface area contributed by atoms with Crippen LogP contribution in [0.1, 0.15) is 41.3 Å². The maximum Gasteiger partial charge on any atom is 0.414 e. The number of hydrogen-bond acceptors (Lipinski definition) is 6. The number of nitrogens with zero attached hydrogens (tertiary/aromatic N) is 3. The molecule has 1 saturated heterocycles. The minimum absolute atomic E-state index is 0.0754. The second-order valence-electron chi connectivity index (χ2n) is 9.10. The van der Waals surface area contributed by atoms with Crippen LogP contribution in [0.15, 0.2) is 82.9 Å². The predicted octanol–water partition coefficient (Wildman–Crippen LogP) is 6.49. The molecule has 40 heavy (non-hydrogen) atoms. The lowest BCUT2D eigenvalue weighted by Crippen LogP contribution is -2.37. The van der Waals surface area contributed by atoms with Gasteiger partial charge in [0.2, 0.25) is 5.91 Å². The number of fused-ring (bicyclic) bond motifs is 1. The number of halogens is 2. The van der Waals surface area contributed by atoms with E-state index in [0.717, 1.165) is 45.9 Å². The second kappa shape index (κ2) is 13.3. The number of allylic oxidation sites excluding steroid dienone is 5. The van der Waals surface area contributed by atoms with Crippen molar-refractivity contribution < 1.29 is 19.1 Å². The van der Waals surface area contributed by atoms with Crippen molar-refractivity contribution in [1.29, 1.82) is 0 Å². The van der Waals surface area contributed by atoms with Gasteiger partial charge in [0.05, 0.1) is 18.4 Å². The average molecular weight is 602 g/mol. The van der Waals surface area contributed by atoms with E-state index in [4.69, 9.17) is 38.4 Å². The predicted molar refractivity (Wildman–Crippen MR) is 160 cm³/mol. The van der Waals surface area contributed by atoms with Crippen molar-refractivity contribution in [2.75, 3.05) is 25.5 Å². The van der Waals surface area contributed by atoms with Gasteiger partial charge in [-0.1, -0.05) is 48.5 Å². The lowest BCUT2D eigenvalue weighted by atomic mass is 9.97. The quantitative estimate of drug-likeness (QED) is 0.190. The molecule has 1 aliphatic heterocycles. The van der Waals surface area contributed by atoms with Gasteiger partial charge in [-0.15, -0.1) is 11.8 Å². The van der Waals surface area contributed by atoms with Gasteiger partial charge in [0, 0.05) is 50.2 Å². The van der Waals surface area contributed by atoms with Gasteiger partial charge in [0.15, 0.2) is 0 Å². The summed E-state index contributed by atoms with van der Waals surface area (Å²) < 4.78 is 12.9. The molecule has 1 fully saturated rings. The van der Waals surface area contributed by atoms with E-state index in [1.807, 2.05) is 12.4 Å². The van der Waals surface area contributed by atoms with Gasteiger partial charge in [-0.3, -0.25) is 14.4 Å². The minimum Gasteiger partial charge on any atom is -0.490 e. The molecule has 4 rings (SSSR count). The molecule has 1 aliphatic carbocycles. The number of thioether (sulfide) groups is 1. The standard InChI is InChI=1S/C29H30Cl2N4O4S/c1-4-24(30)18(2)19(3)38-11-12-39-29(37)35-10-13-40-27-23(6-5-7-26(27)35)22-15-33-34(17-22)16-21-14-20(28(32)36)8-9-25(21)31/h4,7-9,14-15,17H,1,3,5-6,10-13,16H2,2H3,(H2,32,36)/b24-18+. The van der Waals surface area contributed by atoms with Crippen LogP contribution in [0.4, 0.5) is 4.79 Å². The molecule has 0 bridgehead atoms. The molecular formula is C29H30Cl2N4O4S. The molecule has 2 aromatic rings. The fraction of sp³-hybridized carbons (Fsp3) is 0.276. The molecule has 0 radical (unpaired) electrons. The first kappa shape index (κ1) is 29.6. The number of benzene rings is 1. The van der Waals surface area contributed by atoms with Gasteiger partial charge < -0.3 is 15.2 Å². The van der Waals surface area contributed by atoms with E-state index < -0.39 is 12.0 Å². The van der Waals surface area contributed by atoms with E-state index >= 15 is 0 Å². The molecule has 1 aromatic heterocycles. The van der Waals surface area contributed by atoms with Crippen molar-refractivity contribution in [3.63, 3.8) is 0 Å². The minimum atomic E-state index is -0.511. The van der Waals surface area contributed by atoms with Gasteiger partial charge >= 0.3 is 6.09 Å². The number of amides is 2. The van der Waals surface area contributed by atoms with E-state index in [0.29, 0.717) is 40.0 Å². The molecule has 0 spiro atoms. The Balaban J connectivity index is 1.42. The molecule has 2 heterocycles. The van der Waals surface area contributed by atoms with Gasteiger partial charge in [-0.05, 0) is 49.1 Å². The monoisotopic (exact) mass is 600 g/mol. The topological polar surface area (TPSA) is 99.7 Å². The Bertz CT molecular complexity index is 1440. The van der Waals surface area contributed by atoms with Crippen molar-refractivity contribution in [3.8, 4) is 0 Å². The Morgan fingerprint density at radius 1 is 1.27 bits per heavy atom. The molecule has 0 unspecified atom stereocenters. The van der Waals surface area contributed by atoms with E-state index in [9.17, 15) is 9.59 Å². The summed E-state index contributed by atoms with van der Waals surface area (Å²) in [5, 5.41) is 5.51. The number of carbonyl (C=O) groups excluding carboxylic acids is 2. The Labute approximate surface area is 247 Å². The van der Waals surface area contributed by atoms with Crippen LogP contribution in [-0.4, -0.2) is 52.2 Å². The summed E-state index contributed by atoms with van der Waals surface area (Å²) in [6.45, 7) is 10.4. The third kappa shape index (κ3) is 6.83. The maximum absolute atomic E-state index is 13.0. The Morgan fingerprint density at radius 3 is 2.80 bits per heavy atom. The lowest BCUT2D eigenvalue weighted by Gasteiger charge is -2.34. The molecule has 0 saturated carbocycles. The lowest BCUT2D eigenvalue weighted by molar-refractivity contribution is 0.0854. The largest absolute Gasteiger partial charge is 0.490 e. The number of rotatable bonds is 10. The van der Waals surface area contributed by atoms with Crippen LogP contribution in [0, 0.1) is 0 Å². The fourth-order valence-corrected chi connectivity index (χ4v) is 5.82. The van der Waals surface area contributed by atoms with Crippen LogP contribution in [-0.2, 0) is 16.0 Å². The Hall–Kier alpha value is -3.40. The number of aromatic nitrogens is 2. The third-order valence-electron chi connectivity index (χ3n) is 6.50. The third-order valence-corrected chi connectivity index (χ3v) is 8.43. The van der Waals surface area contributed by atoms with Gasteiger partial charge in [0.1, 0.15) is 19.0 Å². The summed E-state index contributed by atoms with van der Waals surface area (Å²) in [4.78, 5) is 27.3. The molecule has 210 valence electrons. The van der Waals surface area contributed by atoms with Crippen molar-refractivity contribution in [3.05, 3.63) is 105 Å². The van der Waals surface area contributed by atoms with E-state index in [-0.39, 0.29) is 13.2 Å². The van der Waals surface area contributed by atoms with Crippen molar-refractivity contribution >= 4 is 52.5 Å². The molecule has 2 aliphatic rings. The highest BCUT2D eigenvalue weighted by Gasteiger charge is 2.31. The summed E-state index contributed by atoms with van der Waals surface area (Å²) in [5.74, 6) is 0.638. The number of primary amides is 1. The molecule has 0 atom stereocenters. The van der Waals surface area contributed by atoms with Crippen LogP contribution in [0.25, 0.3) is 5.57 Å². The fourth-order valence-electron chi connectivity index (χ4n) is 4.33. The van der Waals surface area contributed by atoms with Crippen LogP contribution >= 0.6 is 35.0 Å². The molecule has 11 heteroatoms. The summed E-state index contributed by atoms with van der Waals surface area (Å²) in [7, 11) is 0. The molecule has 1 aromatic carbocycles. The van der Waals surface area contributed by atoms with Crippen LogP contribution in [0.3, 0.4) is 0 Å². The first-order valence-corrected chi connectivity index (χ1v) is 14.4. The van der Waals surface area contributed by atoms with Crippen molar-refractivity contribution in [2.45, 2.75) is 26.3 Å². The van der Waals surface area contributed by atoms with Crippen LogP contribution in [0.2, 0.25) is 5.02 Å². The average Bonchev–Trinajstić information content (AvgIpc) is 3.42. The van der Waals surface area contributed by atoms with E-state index in [1.54, 1.807) is 46.5 Å². The zero-order valence-corrected chi connectivity index (χ0v) is 24.4. The smallest absolute Gasteiger partial charge is 0.414 e. The van der Waals surface area contributed by atoms with Gasteiger partial charge in [-0.2, -0.15) is 5.10 Å². The van der Waals surface area contributed by atoms with Crippen molar-refractivity contribution in [1.82, 2.24) is 14.7 Å². The number of hydrogen-bond donors (Lipinski definition) is 1. The highest BCUT2D eigenvalue weighted by Crippen LogP contribution is 2.43. The summed E-state index contributed by atoms with van der Waals surface area (Å²) >= 11 is 14.1. The Morgan fingerprint density at radius 2 is 2.05 bits per heavy atom. The first-order chi connectivity index (χ1) is 19.2. The van der Waals surface area contributed by atoms with Crippen LogP contribution < -0.4 is 5.73 Å². The summed E-state index contributed by atoms with van der Waals surface area (Å²) in [5.41, 5.74) is 10.2. The number of nitrogens with two attached hydrogens (primary N) is 1. The molecule has 8 nitrogen and oxygen atoms in total. The first-order valence-electron chi connectivity index (χ1n) is 12.6. The number of ether oxygens (including phenoxy) is 2. The maximum atomic E-state index is 13.0. The van der Waals surface area contributed by atoms with Crippen molar-refractivity contribution in [2.24, 2.45) is 5.73 Å². The SMILES string of the molecule is C=C/C(Cl)=C(/C)C(=C)OCCOC(=O)N1CCSC2=C(c3cnn(Cc4cc(C(N)=O)ccc4Cl)c3)CCC=C21. The zero-order valence-electron chi connectivity index (χ0n) is 22.1. The highest BCUT2D eigenvalue weighted by molar-refractivity contribution is 8.03. The summed E-state index contributed by atoms with van der Waals surface area (Å²) in [6.07, 6.45) is 8.56. The Kier molecular flexibility index (Phi) is 9.84.